The van der Waals surface area contributed by atoms with Crippen molar-refractivity contribution in [2.75, 3.05) is 0 Å². The number of benzene rings is 3. The molecular formula is C26H21BrClFN4O4. The molecule has 0 saturated carbocycles. The molecule has 0 aliphatic heterocycles. The van der Waals surface area contributed by atoms with Crippen LogP contribution in [0.25, 0.3) is 10.9 Å². The highest BCUT2D eigenvalue weighted by atomic mass is 79.9. The number of nitro groups is 1. The van der Waals surface area contributed by atoms with Crippen molar-refractivity contribution in [3.63, 3.8) is 0 Å². The van der Waals surface area contributed by atoms with Gasteiger partial charge in [-0.3, -0.25) is 14.9 Å². The van der Waals surface area contributed by atoms with Gasteiger partial charge >= 0.3 is 5.69 Å². The zero-order valence-electron chi connectivity index (χ0n) is 19.7. The molecule has 0 aliphatic rings. The number of hydrogen-bond donors (Lipinski definition) is 0. The van der Waals surface area contributed by atoms with Gasteiger partial charge in [0.2, 0.25) is 5.75 Å². The smallest absolute Gasteiger partial charge is 0.313 e. The maximum absolute atomic E-state index is 13.6. The molecule has 1 aromatic heterocycles. The first-order valence-corrected chi connectivity index (χ1v) is 12.5. The first-order chi connectivity index (χ1) is 17.8. The fraction of sp³-hybridized carbons (Fsp3) is 0.192. The van der Waals surface area contributed by atoms with E-state index in [-0.39, 0.29) is 34.2 Å². The molecule has 4 aromatic rings. The molecule has 0 amide bonds. The van der Waals surface area contributed by atoms with Gasteiger partial charge in [-0.1, -0.05) is 53.0 Å². The fourth-order valence-corrected chi connectivity index (χ4v) is 4.28. The maximum Gasteiger partial charge on any atom is 0.313 e. The van der Waals surface area contributed by atoms with Crippen molar-refractivity contribution < 1.29 is 14.1 Å². The summed E-state index contributed by atoms with van der Waals surface area (Å²) in [6.07, 6.45) is 3.46. The van der Waals surface area contributed by atoms with E-state index in [2.05, 4.69) is 26.0 Å². The summed E-state index contributed by atoms with van der Waals surface area (Å²) < 4.78 is 21.3. The van der Waals surface area contributed by atoms with Crippen LogP contribution in [-0.2, 0) is 13.0 Å². The van der Waals surface area contributed by atoms with Crippen LogP contribution in [-0.4, -0.2) is 20.8 Å². The highest BCUT2D eigenvalue weighted by molar-refractivity contribution is 9.10. The third-order valence-electron chi connectivity index (χ3n) is 5.47. The van der Waals surface area contributed by atoms with E-state index in [1.54, 1.807) is 24.3 Å². The van der Waals surface area contributed by atoms with E-state index in [4.69, 9.17) is 16.3 Å². The quantitative estimate of drug-likeness (QED) is 0.124. The molecule has 0 atom stereocenters. The van der Waals surface area contributed by atoms with Gasteiger partial charge < -0.3 is 4.74 Å². The van der Waals surface area contributed by atoms with Crippen molar-refractivity contribution in [3.8, 4) is 5.75 Å². The summed E-state index contributed by atoms with van der Waals surface area (Å²) in [5, 5.41) is 16.6. The summed E-state index contributed by atoms with van der Waals surface area (Å²) in [7, 11) is 0. The van der Waals surface area contributed by atoms with E-state index in [0.717, 1.165) is 18.9 Å². The van der Waals surface area contributed by atoms with E-state index in [9.17, 15) is 19.3 Å². The zero-order chi connectivity index (χ0) is 26.5. The van der Waals surface area contributed by atoms with Crippen LogP contribution in [0.5, 0.6) is 5.75 Å². The third-order valence-corrected chi connectivity index (χ3v) is 6.18. The van der Waals surface area contributed by atoms with Gasteiger partial charge in [-0.05, 0) is 48.4 Å². The number of nitro benzene ring substituents is 1. The van der Waals surface area contributed by atoms with E-state index >= 15 is 0 Å². The highest BCUT2D eigenvalue weighted by Crippen LogP contribution is 2.34. The Labute approximate surface area is 224 Å². The Morgan fingerprint density at radius 3 is 2.78 bits per heavy atom. The number of unbranched alkanes of at least 4 members (excludes halogenated alkanes) is 1. The second kappa shape index (κ2) is 11.6. The van der Waals surface area contributed by atoms with Gasteiger partial charge in [0.05, 0.1) is 22.0 Å². The van der Waals surface area contributed by atoms with Gasteiger partial charge in [0, 0.05) is 27.5 Å². The van der Waals surface area contributed by atoms with Crippen molar-refractivity contribution in [3.05, 3.63) is 107 Å². The van der Waals surface area contributed by atoms with Crippen LogP contribution in [0, 0.1) is 15.9 Å². The number of hydrogen-bond acceptors (Lipinski definition) is 6. The Morgan fingerprint density at radius 2 is 2.05 bits per heavy atom. The molecule has 0 aliphatic carbocycles. The van der Waals surface area contributed by atoms with E-state index in [0.29, 0.717) is 33.2 Å². The predicted octanol–water partition coefficient (Wildman–Crippen LogP) is 6.66. The number of halogens is 3. The van der Waals surface area contributed by atoms with Gasteiger partial charge in [0.25, 0.3) is 5.56 Å². The van der Waals surface area contributed by atoms with E-state index in [1.165, 1.54) is 35.2 Å². The van der Waals surface area contributed by atoms with Gasteiger partial charge in [-0.2, -0.15) is 9.78 Å². The minimum Gasteiger partial charge on any atom is -0.481 e. The first-order valence-electron chi connectivity index (χ1n) is 11.4. The Morgan fingerprint density at radius 1 is 1.24 bits per heavy atom. The number of fused-ring (bicyclic) bond motifs is 1. The zero-order valence-corrected chi connectivity index (χ0v) is 22.0. The fourth-order valence-electron chi connectivity index (χ4n) is 3.70. The average molecular weight is 588 g/mol. The summed E-state index contributed by atoms with van der Waals surface area (Å²) in [5.74, 6) is -0.110. The number of aromatic nitrogens is 2. The number of ether oxygens (including phenoxy) is 1. The van der Waals surface area contributed by atoms with Gasteiger partial charge in [-0.25, -0.2) is 9.37 Å². The lowest BCUT2D eigenvalue weighted by atomic mass is 10.1. The van der Waals surface area contributed by atoms with E-state index < -0.39 is 10.7 Å². The Balaban J connectivity index is 1.81. The monoisotopic (exact) mass is 586 g/mol. The van der Waals surface area contributed by atoms with E-state index in [1.807, 2.05) is 6.92 Å². The van der Waals surface area contributed by atoms with Gasteiger partial charge in [-0.15, -0.1) is 0 Å². The van der Waals surface area contributed by atoms with Crippen LogP contribution < -0.4 is 10.3 Å². The molecule has 0 spiro atoms. The van der Waals surface area contributed by atoms with Crippen molar-refractivity contribution in [1.29, 1.82) is 0 Å². The molecule has 0 bridgehead atoms. The van der Waals surface area contributed by atoms with Crippen LogP contribution in [0.3, 0.4) is 0 Å². The predicted molar refractivity (Wildman–Crippen MR) is 144 cm³/mol. The normalized spacial score (nSPS) is 11.4. The third kappa shape index (κ3) is 6.20. The largest absolute Gasteiger partial charge is 0.481 e. The maximum atomic E-state index is 13.6. The Kier molecular flexibility index (Phi) is 8.30. The number of nitrogens with zero attached hydrogens (tertiary/aromatic N) is 4. The van der Waals surface area contributed by atoms with Crippen molar-refractivity contribution >= 4 is 50.3 Å². The molecule has 0 saturated heterocycles. The molecule has 0 unspecified atom stereocenters. The summed E-state index contributed by atoms with van der Waals surface area (Å²) in [5.41, 5.74) is 0.438. The second-order valence-electron chi connectivity index (χ2n) is 8.17. The molecule has 1 heterocycles. The van der Waals surface area contributed by atoms with Crippen LogP contribution in [0.4, 0.5) is 10.1 Å². The molecule has 3 aromatic carbocycles. The SMILES string of the molecule is CCCCc1nc2ccc(Br)cc2c(=O)n1N=Cc1cc(Cl)cc([N+](=O)[O-])c1OCc1cccc(F)c1. The lowest BCUT2D eigenvalue weighted by molar-refractivity contribution is -0.385. The standard InChI is InChI=1S/C26H21BrClFN4O4/c1-2-3-7-24-31-22-9-8-18(27)12-21(22)26(34)32(24)30-14-17-11-19(28)13-23(33(35)36)25(17)37-15-16-5-4-6-20(29)10-16/h4-6,8-14H,2-3,7,15H2,1H3. The molecular weight excluding hydrogens is 567 g/mol. The summed E-state index contributed by atoms with van der Waals surface area (Å²) in [4.78, 5) is 29.1. The second-order valence-corrected chi connectivity index (χ2v) is 9.53. The topological polar surface area (TPSA) is 99.6 Å². The Hall–Kier alpha value is -3.63. The minimum absolute atomic E-state index is 0.0883. The average Bonchev–Trinajstić information content (AvgIpc) is 2.86. The highest BCUT2D eigenvalue weighted by Gasteiger charge is 2.21. The molecule has 37 heavy (non-hydrogen) atoms. The van der Waals surface area contributed by atoms with Crippen LogP contribution in [0.2, 0.25) is 5.02 Å². The summed E-state index contributed by atoms with van der Waals surface area (Å²) in [6, 6.07) is 13.5. The number of aryl methyl sites for hydroxylation is 1. The molecule has 0 radical (unpaired) electrons. The Bertz CT molecular complexity index is 1570. The van der Waals surface area contributed by atoms with Crippen molar-refractivity contribution in [2.24, 2.45) is 5.10 Å². The van der Waals surface area contributed by atoms with Gasteiger partial charge in [0.15, 0.2) is 0 Å². The molecule has 0 N–H and O–H groups in total. The lowest BCUT2D eigenvalue weighted by Crippen LogP contribution is -2.22. The summed E-state index contributed by atoms with van der Waals surface area (Å²) in [6.45, 7) is 1.89. The van der Waals surface area contributed by atoms with Crippen LogP contribution in [0.15, 0.2) is 69.0 Å². The molecule has 0 fully saturated rings. The minimum atomic E-state index is -0.627. The molecule has 8 nitrogen and oxygen atoms in total. The van der Waals surface area contributed by atoms with Crippen LogP contribution in [0.1, 0.15) is 36.7 Å². The molecule has 11 heteroatoms. The molecule has 190 valence electrons. The summed E-state index contributed by atoms with van der Waals surface area (Å²) >= 11 is 9.53. The van der Waals surface area contributed by atoms with Gasteiger partial charge in [0.1, 0.15) is 18.2 Å². The van der Waals surface area contributed by atoms with Crippen molar-refractivity contribution in [2.45, 2.75) is 32.8 Å². The van der Waals surface area contributed by atoms with Crippen molar-refractivity contribution in [1.82, 2.24) is 9.66 Å². The lowest BCUT2D eigenvalue weighted by Gasteiger charge is -2.12. The molecule has 4 rings (SSSR count). The van der Waals surface area contributed by atoms with Crippen LogP contribution >= 0.6 is 27.5 Å². The number of rotatable bonds is 9. The first kappa shape index (κ1) is 26.4.